The number of halogens is 2. The number of nitrogens with zero attached hydrogens (tertiary/aromatic N) is 3. The molecule has 130 valence electrons. The van der Waals surface area contributed by atoms with Gasteiger partial charge in [-0.2, -0.15) is 4.98 Å². The first kappa shape index (κ1) is 17.6. The maximum atomic E-state index is 13.1. The molecule has 6 nitrogen and oxygen atoms in total. The molecule has 0 saturated carbocycles. The lowest BCUT2D eigenvalue weighted by Gasteiger charge is -2.22. The Balaban J connectivity index is 1.78. The summed E-state index contributed by atoms with van der Waals surface area (Å²) in [4.78, 5) is 18.2. The Morgan fingerprint density at radius 2 is 2.12 bits per heavy atom. The van der Waals surface area contributed by atoms with Crippen molar-refractivity contribution < 1.29 is 13.7 Å². The molecule has 2 N–H and O–H groups in total. The van der Waals surface area contributed by atoms with E-state index in [1.165, 1.54) is 23.5 Å². The van der Waals surface area contributed by atoms with Gasteiger partial charge in [0.15, 0.2) is 0 Å². The monoisotopic (exact) mass is 424 g/mol. The minimum atomic E-state index is -0.415. The predicted octanol–water partition coefficient (Wildman–Crippen LogP) is 3.58. The second kappa shape index (κ2) is 7.75. The quantitative estimate of drug-likeness (QED) is 0.626. The van der Waals surface area contributed by atoms with Crippen molar-refractivity contribution in [2.75, 3.05) is 11.4 Å². The molecule has 3 aromatic rings. The standard InChI is InChI=1S/C16H14BrFN4O2S/c17-10-7-13(25-9-10)16-20-15(24-21-16)8-22(6-5-14(19)23)12-3-1-11(18)2-4-12/h1-4,7,9H,5-6,8H2,(H2,19,23). The molecule has 2 heterocycles. The van der Waals surface area contributed by atoms with Crippen molar-refractivity contribution in [2.24, 2.45) is 5.73 Å². The number of hydrogen-bond acceptors (Lipinski definition) is 6. The van der Waals surface area contributed by atoms with E-state index in [9.17, 15) is 9.18 Å². The van der Waals surface area contributed by atoms with Crippen LogP contribution in [0.2, 0.25) is 0 Å². The summed E-state index contributed by atoms with van der Waals surface area (Å²) in [6.07, 6.45) is 0.163. The number of nitrogens with two attached hydrogens (primary N) is 1. The van der Waals surface area contributed by atoms with Crippen LogP contribution in [-0.2, 0) is 11.3 Å². The highest BCUT2D eigenvalue weighted by atomic mass is 79.9. The lowest BCUT2D eigenvalue weighted by molar-refractivity contribution is -0.117. The molecule has 25 heavy (non-hydrogen) atoms. The summed E-state index contributed by atoms with van der Waals surface area (Å²) in [5, 5.41) is 5.91. The first-order valence-corrected chi connectivity index (χ1v) is 9.04. The van der Waals surface area contributed by atoms with Crippen LogP contribution in [0.4, 0.5) is 10.1 Å². The highest BCUT2D eigenvalue weighted by Crippen LogP contribution is 2.28. The maximum Gasteiger partial charge on any atom is 0.246 e. The number of carbonyl (C=O) groups excluding carboxylic acids is 1. The summed E-state index contributed by atoms with van der Waals surface area (Å²) in [6, 6.07) is 7.88. The van der Waals surface area contributed by atoms with E-state index in [-0.39, 0.29) is 12.2 Å². The van der Waals surface area contributed by atoms with Gasteiger partial charge < -0.3 is 15.2 Å². The summed E-state index contributed by atoms with van der Waals surface area (Å²) in [5.74, 6) is 0.150. The van der Waals surface area contributed by atoms with Crippen LogP contribution < -0.4 is 10.6 Å². The topological polar surface area (TPSA) is 85.3 Å². The number of rotatable bonds is 7. The van der Waals surface area contributed by atoms with E-state index in [0.29, 0.717) is 24.8 Å². The zero-order chi connectivity index (χ0) is 17.8. The lowest BCUT2D eigenvalue weighted by atomic mass is 10.2. The second-order valence-electron chi connectivity index (χ2n) is 5.26. The fourth-order valence-electron chi connectivity index (χ4n) is 2.21. The number of thiophene rings is 1. The van der Waals surface area contributed by atoms with Gasteiger partial charge in [-0.1, -0.05) is 5.16 Å². The number of carbonyl (C=O) groups is 1. The van der Waals surface area contributed by atoms with Crippen molar-refractivity contribution >= 4 is 38.9 Å². The van der Waals surface area contributed by atoms with E-state index in [2.05, 4.69) is 26.1 Å². The molecule has 2 aromatic heterocycles. The zero-order valence-corrected chi connectivity index (χ0v) is 15.4. The number of aromatic nitrogens is 2. The molecular weight excluding hydrogens is 411 g/mol. The highest BCUT2D eigenvalue weighted by molar-refractivity contribution is 9.10. The lowest BCUT2D eigenvalue weighted by Crippen LogP contribution is -2.27. The van der Waals surface area contributed by atoms with Crippen molar-refractivity contribution in [3.8, 4) is 10.7 Å². The number of hydrogen-bond donors (Lipinski definition) is 1. The van der Waals surface area contributed by atoms with Gasteiger partial charge in [0.1, 0.15) is 5.82 Å². The van der Waals surface area contributed by atoms with Crippen LogP contribution >= 0.6 is 27.3 Å². The molecule has 3 rings (SSSR count). The number of amides is 1. The molecule has 0 bridgehead atoms. The first-order chi connectivity index (χ1) is 12.0. The summed E-state index contributed by atoms with van der Waals surface area (Å²) in [5.41, 5.74) is 5.98. The average Bonchev–Trinajstić information content (AvgIpc) is 3.21. The van der Waals surface area contributed by atoms with Crippen molar-refractivity contribution in [3.63, 3.8) is 0 Å². The first-order valence-electron chi connectivity index (χ1n) is 7.37. The minimum Gasteiger partial charge on any atom is -0.370 e. The fourth-order valence-corrected chi connectivity index (χ4v) is 3.56. The van der Waals surface area contributed by atoms with Crippen LogP contribution in [0.1, 0.15) is 12.3 Å². The van der Waals surface area contributed by atoms with Gasteiger partial charge in [-0.25, -0.2) is 4.39 Å². The van der Waals surface area contributed by atoms with E-state index < -0.39 is 5.91 Å². The minimum absolute atomic E-state index is 0.163. The SMILES string of the molecule is NC(=O)CCN(Cc1nc(-c2cc(Br)cs2)no1)c1ccc(F)cc1. The van der Waals surface area contributed by atoms with Crippen molar-refractivity contribution in [1.82, 2.24) is 10.1 Å². The molecule has 0 aliphatic heterocycles. The van der Waals surface area contributed by atoms with Crippen LogP contribution in [0.15, 0.2) is 44.7 Å². The van der Waals surface area contributed by atoms with Gasteiger partial charge >= 0.3 is 0 Å². The molecule has 0 aliphatic rings. The summed E-state index contributed by atoms with van der Waals surface area (Å²) >= 11 is 4.89. The molecular formula is C16H14BrFN4O2S. The van der Waals surface area contributed by atoms with Crippen molar-refractivity contribution in [1.29, 1.82) is 0 Å². The summed E-state index contributed by atoms with van der Waals surface area (Å²) in [6.45, 7) is 0.654. The summed E-state index contributed by atoms with van der Waals surface area (Å²) in [7, 11) is 0. The smallest absolute Gasteiger partial charge is 0.246 e. The van der Waals surface area contributed by atoms with E-state index in [4.69, 9.17) is 10.3 Å². The fraction of sp³-hybridized carbons (Fsp3) is 0.188. The Kier molecular flexibility index (Phi) is 5.44. The van der Waals surface area contributed by atoms with Gasteiger partial charge in [0, 0.05) is 28.5 Å². The predicted molar refractivity (Wildman–Crippen MR) is 96.6 cm³/mol. The number of benzene rings is 1. The van der Waals surface area contributed by atoms with Crippen molar-refractivity contribution in [3.05, 3.63) is 51.9 Å². The van der Waals surface area contributed by atoms with Crippen LogP contribution in [0.5, 0.6) is 0 Å². The van der Waals surface area contributed by atoms with Gasteiger partial charge in [-0.3, -0.25) is 4.79 Å². The van der Waals surface area contributed by atoms with Crippen LogP contribution in [0.25, 0.3) is 10.7 Å². The maximum absolute atomic E-state index is 13.1. The van der Waals surface area contributed by atoms with E-state index in [1.54, 1.807) is 12.1 Å². The van der Waals surface area contributed by atoms with Gasteiger partial charge in [-0.15, -0.1) is 11.3 Å². The Bertz CT molecular complexity index is 865. The van der Waals surface area contributed by atoms with E-state index in [1.807, 2.05) is 16.3 Å². The van der Waals surface area contributed by atoms with Crippen molar-refractivity contribution in [2.45, 2.75) is 13.0 Å². The van der Waals surface area contributed by atoms with Gasteiger partial charge in [-0.05, 0) is 46.3 Å². The Labute approximate surface area is 155 Å². The third-order valence-electron chi connectivity index (χ3n) is 3.40. The molecule has 0 unspecified atom stereocenters. The normalized spacial score (nSPS) is 10.8. The zero-order valence-electron chi connectivity index (χ0n) is 13.0. The van der Waals surface area contributed by atoms with E-state index in [0.717, 1.165) is 15.0 Å². The number of anilines is 1. The van der Waals surface area contributed by atoms with Crippen LogP contribution in [-0.4, -0.2) is 22.6 Å². The molecule has 0 fully saturated rings. The summed E-state index contributed by atoms with van der Waals surface area (Å²) < 4.78 is 19.4. The molecule has 1 aromatic carbocycles. The average molecular weight is 425 g/mol. The number of primary amides is 1. The third kappa shape index (κ3) is 4.64. The van der Waals surface area contributed by atoms with Crippen LogP contribution in [0.3, 0.4) is 0 Å². The molecule has 0 saturated heterocycles. The van der Waals surface area contributed by atoms with Crippen LogP contribution in [0, 0.1) is 5.82 Å². The van der Waals surface area contributed by atoms with Gasteiger partial charge in [0.2, 0.25) is 17.6 Å². The van der Waals surface area contributed by atoms with Gasteiger partial charge in [0.05, 0.1) is 11.4 Å². The largest absolute Gasteiger partial charge is 0.370 e. The molecule has 0 aliphatic carbocycles. The third-order valence-corrected chi connectivity index (χ3v) is 5.09. The highest BCUT2D eigenvalue weighted by Gasteiger charge is 2.15. The Hall–Kier alpha value is -2.26. The Morgan fingerprint density at radius 1 is 1.36 bits per heavy atom. The molecule has 1 amide bonds. The molecule has 0 spiro atoms. The van der Waals surface area contributed by atoms with Gasteiger partial charge in [0.25, 0.3) is 0 Å². The molecule has 9 heteroatoms. The second-order valence-corrected chi connectivity index (χ2v) is 7.08. The van der Waals surface area contributed by atoms with E-state index >= 15 is 0 Å². The molecule has 0 atom stereocenters. The Morgan fingerprint density at radius 3 is 2.76 bits per heavy atom. The molecule has 0 radical (unpaired) electrons.